The molecule has 164 valence electrons. The Kier molecular flexibility index (Phi) is 8.61. The second kappa shape index (κ2) is 10.7. The maximum absolute atomic E-state index is 12.6. The van der Waals surface area contributed by atoms with Crippen molar-refractivity contribution in [2.24, 2.45) is 4.99 Å². The first kappa shape index (κ1) is 23.3. The van der Waals surface area contributed by atoms with E-state index in [9.17, 15) is 13.2 Å². The highest BCUT2D eigenvalue weighted by Gasteiger charge is 2.42. The SMILES string of the molecule is CCN(CC)CCCC(C)NC(=NC)NC1CC1c1ccccc1OC(F)(F)F. The van der Waals surface area contributed by atoms with Crippen molar-refractivity contribution in [1.29, 1.82) is 0 Å². The van der Waals surface area contributed by atoms with E-state index in [1.54, 1.807) is 25.2 Å². The molecule has 1 fully saturated rings. The number of nitrogens with zero attached hydrogens (tertiary/aromatic N) is 2. The Bertz CT molecular complexity index is 662. The van der Waals surface area contributed by atoms with Gasteiger partial charge < -0.3 is 20.3 Å². The van der Waals surface area contributed by atoms with Crippen LogP contribution in [0.4, 0.5) is 13.2 Å². The monoisotopic (exact) mass is 414 g/mol. The number of guanidine groups is 1. The first-order valence-corrected chi connectivity index (χ1v) is 10.3. The summed E-state index contributed by atoms with van der Waals surface area (Å²) in [5.74, 6) is 0.536. The third-order valence-electron chi connectivity index (χ3n) is 5.27. The fourth-order valence-corrected chi connectivity index (χ4v) is 3.52. The highest BCUT2D eigenvalue weighted by atomic mass is 19.4. The van der Waals surface area contributed by atoms with Gasteiger partial charge in [-0.25, -0.2) is 0 Å². The van der Waals surface area contributed by atoms with E-state index < -0.39 is 6.36 Å². The van der Waals surface area contributed by atoms with E-state index >= 15 is 0 Å². The molecule has 0 aromatic heterocycles. The van der Waals surface area contributed by atoms with E-state index in [1.807, 2.05) is 0 Å². The number of ether oxygens (including phenoxy) is 1. The maximum Gasteiger partial charge on any atom is 0.573 e. The molecule has 1 aromatic carbocycles. The van der Waals surface area contributed by atoms with Crippen LogP contribution in [0.5, 0.6) is 5.75 Å². The molecular formula is C21H33F3N4O. The minimum absolute atomic E-state index is 0.0231. The summed E-state index contributed by atoms with van der Waals surface area (Å²) in [6, 6.07) is 6.65. The van der Waals surface area contributed by atoms with Crippen molar-refractivity contribution in [3.63, 3.8) is 0 Å². The first-order chi connectivity index (χ1) is 13.8. The molecule has 1 saturated carbocycles. The molecule has 0 amide bonds. The van der Waals surface area contributed by atoms with Crippen LogP contribution in [-0.4, -0.2) is 56.0 Å². The zero-order valence-corrected chi connectivity index (χ0v) is 17.7. The number of alkyl halides is 3. The first-order valence-electron chi connectivity index (χ1n) is 10.3. The average Bonchev–Trinajstić information content (AvgIpc) is 3.42. The Hall–Kier alpha value is -1.96. The number of hydrogen-bond donors (Lipinski definition) is 2. The summed E-state index contributed by atoms with van der Waals surface area (Å²) < 4.78 is 42.1. The molecule has 1 aromatic rings. The lowest BCUT2D eigenvalue weighted by Gasteiger charge is -2.21. The van der Waals surface area contributed by atoms with Crippen molar-refractivity contribution in [3.8, 4) is 5.75 Å². The van der Waals surface area contributed by atoms with Crippen LogP contribution in [0, 0.1) is 0 Å². The van der Waals surface area contributed by atoms with Gasteiger partial charge in [0.1, 0.15) is 5.75 Å². The van der Waals surface area contributed by atoms with Gasteiger partial charge in [0.05, 0.1) is 0 Å². The molecule has 3 unspecified atom stereocenters. The van der Waals surface area contributed by atoms with Gasteiger partial charge in [0, 0.05) is 25.0 Å². The van der Waals surface area contributed by atoms with E-state index in [0.717, 1.165) is 38.9 Å². The fourth-order valence-electron chi connectivity index (χ4n) is 3.52. The molecule has 1 aliphatic carbocycles. The zero-order valence-electron chi connectivity index (χ0n) is 17.7. The molecule has 3 atom stereocenters. The van der Waals surface area contributed by atoms with Crippen molar-refractivity contribution in [3.05, 3.63) is 29.8 Å². The Morgan fingerprint density at radius 2 is 1.97 bits per heavy atom. The van der Waals surface area contributed by atoms with Crippen LogP contribution < -0.4 is 15.4 Å². The van der Waals surface area contributed by atoms with Gasteiger partial charge in [-0.05, 0) is 57.5 Å². The van der Waals surface area contributed by atoms with Gasteiger partial charge in [-0.2, -0.15) is 0 Å². The molecule has 0 spiro atoms. The van der Waals surface area contributed by atoms with Crippen molar-refractivity contribution in [2.75, 3.05) is 26.7 Å². The third-order valence-corrected chi connectivity index (χ3v) is 5.27. The molecule has 0 radical (unpaired) electrons. The Balaban J connectivity index is 1.83. The van der Waals surface area contributed by atoms with Crippen LogP contribution in [0.2, 0.25) is 0 Å². The topological polar surface area (TPSA) is 48.9 Å². The van der Waals surface area contributed by atoms with E-state index in [2.05, 4.69) is 46.0 Å². The Morgan fingerprint density at radius 3 is 2.59 bits per heavy atom. The minimum atomic E-state index is -4.69. The largest absolute Gasteiger partial charge is 0.573 e. The molecule has 8 heteroatoms. The number of para-hydroxylation sites is 1. The zero-order chi connectivity index (χ0) is 21.4. The van der Waals surface area contributed by atoms with Gasteiger partial charge in [-0.15, -0.1) is 13.2 Å². The van der Waals surface area contributed by atoms with Gasteiger partial charge in [-0.3, -0.25) is 4.99 Å². The smallest absolute Gasteiger partial charge is 0.405 e. The molecule has 0 aliphatic heterocycles. The average molecular weight is 415 g/mol. The van der Waals surface area contributed by atoms with Crippen molar-refractivity contribution in [1.82, 2.24) is 15.5 Å². The van der Waals surface area contributed by atoms with Crippen molar-refractivity contribution in [2.45, 2.75) is 64.4 Å². The van der Waals surface area contributed by atoms with E-state index in [-0.39, 0.29) is 23.8 Å². The molecule has 29 heavy (non-hydrogen) atoms. The Labute approximate surface area is 171 Å². The number of aliphatic imine (C=N–C) groups is 1. The quantitative estimate of drug-likeness (QED) is 0.447. The van der Waals surface area contributed by atoms with Crippen molar-refractivity contribution < 1.29 is 17.9 Å². The standard InChI is InChI=1S/C21H33F3N4O/c1-5-28(6-2)13-9-10-15(3)26-20(25-4)27-18-14-17(18)16-11-7-8-12-19(16)29-21(22,23)24/h7-8,11-12,15,17-18H,5-6,9-10,13-14H2,1-4H3,(H2,25,26,27). The normalized spacial score (nSPS) is 20.5. The van der Waals surface area contributed by atoms with Gasteiger partial charge in [0.15, 0.2) is 5.96 Å². The number of hydrogen-bond acceptors (Lipinski definition) is 3. The molecule has 2 rings (SSSR count). The van der Waals surface area contributed by atoms with Crippen LogP contribution in [0.15, 0.2) is 29.3 Å². The van der Waals surface area contributed by atoms with E-state index in [1.165, 1.54) is 6.07 Å². The van der Waals surface area contributed by atoms with Gasteiger partial charge >= 0.3 is 6.36 Å². The second-order valence-electron chi connectivity index (χ2n) is 7.47. The highest BCUT2D eigenvalue weighted by Crippen LogP contribution is 2.45. The summed E-state index contributed by atoms with van der Waals surface area (Å²) in [5.41, 5.74) is 0.574. The number of halogens is 3. The lowest BCUT2D eigenvalue weighted by Crippen LogP contribution is -2.43. The molecule has 0 saturated heterocycles. The molecule has 1 aliphatic rings. The summed E-state index contributed by atoms with van der Waals surface area (Å²) in [6.45, 7) is 9.65. The third kappa shape index (κ3) is 7.76. The molecular weight excluding hydrogens is 381 g/mol. The molecule has 5 nitrogen and oxygen atoms in total. The highest BCUT2D eigenvalue weighted by molar-refractivity contribution is 5.80. The molecule has 0 heterocycles. The Morgan fingerprint density at radius 1 is 1.28 bits per heavy atom. The second-order valence-corrected chi connectivity index (χ2v) is 7.47. The fraction of sp³-hybridized carbons (Fsp3) is 0.667. The number of rotatable bonds is 10. The lowest BCUT2D eigenvalue weighted by atomic mass is 10.1. The van der Waals surface area contributed by atoms with Gasteiger partial charge in [0.2, 0.25) is 0 Å². The van der Waals surface area contributed by atoms with Crippen LogP contribution in [-0.2, 0) is 0 Å². The summed E-state index contributed by atoms with van der Waals surface area (Å²) >= 11 is 0. The number of nitrogens with one attached hydrogen (secondary N) is 2. The molecule has 2 N–H and O–H groups in total. The van der Waals surface area contributed by atoms with E-state index in [0.29, 0.717) is 11.5 Å². The van der Waals surface area contributed by atoms with Gasteiger partial charge in [-0.1, -0.05) is 32.0 Å². The predicted octanol–water partition coefficient (Wildman–Crippen LogP) is 4.12. The van der Waals surface area contributed by atoms with Crippen molar-refractivity contribution >= 4 is 5.96 Å². The van der Waals surface area contributed by atoms with Crippen LogP contribution >= 0.6 is 0 Å². The maximum atomic E-state index is 12.6. The lowest BCUT2D eigenvalue weighted by molar-refractivity contribution is -0.274. The summed E-state index contributed by atoms with van der Waals surface area (Å²) in [4.78, 5) is 6.66. The van der Waals surface area contributed by atoms with E-state index in [4.69, 9.17) is 0 Å². The molecule has 0 bridgehead atoms. The van der Waals surface area contributed by atoms with Crippen LogP contribution in [0.3, 0.4) is 0 Å². The minimum Gasteiger partial charge on any atom is -0.405 e. The van der Waals surface area contributed by atoms with Crippen LogP contribution in [0.25, 0.3) is 0 Å². The van der Waals surface area contributed by atoms with Gasteiger partial charge in [0.25, 0.3) is 0 Å². The summed E-state index contributed by atoms with van der Waals surface area (Å²) in [5, 5.41) is 6.71. The summed E-state index contributed by atoms with van der Waals surface area (Å²) in [7, 11) is 1.70. The summed E-state index contributed by atoms with van der Waals surface area (Å²) in [6.07, 6.45) is -1.82. The van der Waals surface area contributed by atoms with Crippen LogP contribution in [0.1, 0.15) is 51.5 Å². The predicted molar refractivity (Wildman–Crippen MR) is 110 cm³/mol. The number of benzene rings is 1.